The third kappa shape index (κ3) is 5.27. The number of para-hydroxylation sites is 1. The third-order valence-electron chi connectivity index (χ3n) is 6.46. The maximum absolute atomic E-state index is 12.4. The van der Waals surface area contributed by atoms with E-state index in [9.17, 15) is 4.79 Å². The van der Waals surface area contributed by atoms with E-state index < -0.39 is 0 Å². The van der Waals surface area contributed by atoms with Crippen LogP contribution in [0.4, 0.5) is 0 Å². The normalized spacial score (nSPS) is 11.8. The first-order valence-corrected chi connectivity index (χ1v) is 12.5. The SMILES string of the molecule is C=Cc1c(/C(=N\CCNC(=O)/C=C/c2ccc(OC)cc2)c2cccc3ccccc23)[nH]c2ccccc12. The molecule has 188 valence electrons. The predicted molar refractivity (Wildman–Crippen MR) is 158 cm³/mol. The van der Waals surface area contributed by atoms with Crippen molar-refractivity contribution >= 4 is 45.4 Å². The maximum atomic E-state index is 12.4. The predicted octanol–water partition coefficient (Wildman–Crippen LogP) is 6.64. The van der Waals surface area contributed by atoms with Crippen LogP contribution >= 0.6 is 0 Å². The Kier molecular flexibility index (Phi) is 7.46. The lowest BCUT2D eigenvalue weighted by Crippen LogP contribution is -2.24. The van der Waals surface area contributed by atoms with E-state index in [2.05, 4.69) is 59.3 Å². The molecule has 4 aromatic carbocycles. The van der Waals surface area contributed by atoms with Gasteiger partial charge < -0.3 is 15.0 Å². The number of aliphatic imine (C=N–C) groups is 1. The Hall–Kier alpha value is -4.90. The highest BCUT2D eigenvalue weighted by molar-refractivity contribution is 6.21. The van der Waals surface area contributed by atoms with Crippen LogP contribution in [-0.4, -0.2) is 36.8 Å². The molecule has 5 aromatic rings. The second-order valence-corrected chi connectivity index (χ2v) is 8.82. The largest absolute Gasteiger partial charge is 0.497 e. The zero-order chi connectivity index (χ0) is 26.3. The van der Waals surface area contributed by atoms with Gasteiger partial charge in [-0.2, -0.15) is 0 Å². The molecule has 1 amide bonds. The monoisotopic (exact) mass is 499 g/mol. The van der Waals surface area contributed by atoms with Crippen molar-refractivity contribution in [2.45, 2.75) is 0 Å². The minimum atomic E-state index is -0.167. The van der Waals surface area contributed by atoms with Crippen LogP contribution in [0.25, 0.3) is 33.8 Å². The Morgan fingerprint density at radius 3 is 2.47 bits per heavy atom. The van der Waals surface area contributed by atoms with E-state index in [4.69, 9.17) is 9.73 Å². The molecule has 0 saturated heterocycles. The summed E-state index contributed by atoms with van der Waals surface area (Å²) in [5, 5.41) is 6.30. The molecule has 0 aliphatic rings. The fourth-order valence-corrected chi connectivity index (χ4v) is 4.59. The number of hydrogen-bond donors (Lipinski definition) is 2. The van der Waals surface area contributed by atoms with E-state index in [1.165, 1.54) is 6.08 Å². The van der Waals surface area contributed by atoms with Crippen LogP contribution in [0.15, 0.2) is 109 Å². The van der Waals surface area contributed by atoms with Gasteiger partial charge in [-0.3, -0.25) is 9.79 Å². The number of carbonyl (C=O) groups is 1. The maximum Gasteiger partial charge on any atom is 0.244 e. The molecule has 38 heavy (non-hydrogen) atoms. The molecule has 5 nitrogen and oxygen atoms in total. The Morgan fingerprint density at radius 1 is 0.947 bits per heavy atom. The van der Waals surface area contributed by atoms with Crippen LogP contribution in [0.3, 0.4) is 0 Å². The molecule has 0 radical (unpaired) electrons. The number of carbonyl (C=O) groups excluding carboxylic acids is 1. The van der Waals surface area contributed by atoms with Crippen molar-refractivity contribution in [2.24, 2.45) is 4.99 Å². The van der Waals surface area contributed by atoms with Crippen LogP contribution in [-0.2, 0) is 4.79 Å². The molecule has 0 atom stereocenters. The van der Waals surface area contributed by atoms with Gasteiger partial charge in [-0.05, 0) is 40.6 Å². The van der Waals surface area contributed by atoms with Crippen molar-refractivity contribution in [3.05, 3.63) is 126 Å². The molecule has 0 fully saturated rings. The Balaban J connectivity index is 1.41. The fourth-order valence-electron chi connectivity index (χ4n) is 4.59. The first-order valence-electron chi connectivity index (χ1n) is 12.5. The minimum Gasteiger partial charge on any atom is -0.497 e. The summed E-state index contributed by atoms with van der Waals surface area (Å²) in [6, 6.07) is 30.3. The highest BCUT2D eigenvalue weighted by Crippen LogP contribution is 2.28. The Labute approximate surface area is 222 Å². The smallest absolute Gasteiger partial charge is 0.244 e. The van der Waals surface area contributed by atoms with Crippen LogP contribution in [0.2, 0.25) is 0 Å². The van der Waals surface area contributed by atoms with Crippen LogP contribution in [0.5, 0.6) is 5.75 Å². The number of aromatic nitrogens is 1. The van der Waals surface area contributed by atoms with Crippen molar-refractivity contribution in [3.8, 4) is 5.75 Å². The number of H-pyrrole nitrogens is 1. The number of rotatable bonds is 9. The number of methoxy groups -OCH3 is 1. The number of fused-ring (bicyclic) bond motifs is 2. The lowest BCUT2D eigenvalue weighted by atomic mass is 9.97. The molecule has 0 unspecified atom stereocenters. The molecule has 0 bridgehead atoms. The number of ether oxygens (including phenoxy) is 1. The summed E-state index contributed by atoms with van der Waals surface area (Å²) >= 11 is 0. The van der Waals surface area contributed by atoms with Crippen LogP contribution in [0.1, 0.15) is 22.4 Å². The Morgan fingerprint density at radius 2 is 1.68 bits per heavy atom. The molecule has 0 saturated carbocycles. The van der Waals surface area contributed by atoms with Gasteiger partial charge in [-0.25, -0.2) is 0 Å². The molecular formula is C33H29N3O2. The standard InChI is InChI=1S/C33H29N3O2/c1-3-26-28-12-6-7-14-30(28)36-33(26)32(29-13-8-10-24-9-4-5-11-27(24)29)35-22-21-34-31(37)20-17-23-15-18-25(38-2)19-16-23/h3-20,36H,1,21-22H2,2H3,(H,34,37)/b20-17+,35-32-. The highest BCUT2D eigenvalue weighted by atomic mass is 16.5. The van der Waals surface area contributed by atoms with E-state index in [0.717, 1.165) is 55.5 Å². The summed E-state index contributed by atoms with van der Waals surface area (Å²) in [5.41, 5.74) is 5.76. The van der Waals surface area contributed by atoms with Crippen molar-refractivity contribution < 1.29 is 9.53 Å². The quantitative estimate of drug-likeness (QED) is 0.136. The number of amides is 1. The van der Waals surface area contributed by atoms with Gasteiger partial charge >= 0.3 is 0 Å². The number of benzene rings is 4. The van der Waals surface area contributed by atoms with Gasteiger partial charge in [0.25, 0.3) is 0 Å². The zero-order valence-corrected chi connectivity index (χ0v) is 21.3. The van der Waals surface area contributed by atoms with Gasteiger partial charge in [0.1, 0.15) is 5.75 Å². The zero-order valence-electron chi connectivity index (χ0n) is 21.3. The summed E-state index contributed by atoms with van der Waals surface area (Å²) in [5.74, 6) is 0.612. The van der Waals surface area contributed by atoms with E-state index in [-0.39, 0.29) is 5.91 Å². The van der Waals surface area contributed by atoms with Gasteiger partial charge in [0.15, 0.2) is 0 Å². The molecule has 5 heteroatoms. The second kappa shape index (κ2) is 11.4. The van der Waals surface area contributed by atoms with E-state index in [0.29, 0.717) is 13.1 Å². The summed E-state index contributed by atoms with van der Waals surface area (Å²) in [4.78, 5) is 21.0. The summed E-state index contributed by atoms with van der Waals surface area (Å²) in [6.07, 6.45) is 5.19. The molecular weight excluding hydrogens is 470 g/mol. The van der Waals surface area contributed by atoms with Gasteiger partial charge in [0, 0.05) is 34.7 Å². The topological polar surface area (TPSA) is 66.5 Å². The lowest BCUT2D eigenvalue weighted by Gasteiger charge is -2.11. The average molecular weight is 500 g/mol. The number of nitrogens with one attached hydrogen (secondary N) is 2. The molecule has 5 rings (SSSR count). The average Bonchev–Trinajstić information content (AvgIpc) is 3.34. The van der Waals surface area contributed by atoms with Gasteiger partial charge in [-0.1, -0.05) is 85.5 Å². The summed E-state index contributed by atoms with van der Waals surface area (Å²) < 4.78 is 5.18. The summed E-state index contributed by atoms with van der Waals surface area (Å²) in [7, 11) is 1.63. The molecule has 2 N–H and O–H groups in total. The van der Waals surface area contributed by atoms with Crippen LogP contribution in [0, 0.1) is 0 Å². The number of aromatic amines is 1. The number of nitrogens with zero attached hydrogens (tertiary/aromatic N) is 1. The first kappa shape index (κ1) is 24.8. The molecule has 0 aliphatic heterocycles. The van der Waals surface area contributed by atoms with Crippen molar-refractivity contribution in [3.63, 3.8) is 0 Å². The van der Waals surface area contributed by atoms with Gasteiger partial charge in [-0.15, -0.1) is 0 Å². The van der Waals surface area contributed by atoms with E-state index in [1.807, 2.05) is 54.6 Å². The van der Waals surface area contributed by atoms with E-state index in [1.54, 1.807) is 13.2 Å². The molecule has 0 spiro atoms. The fraction of sp³-hybridized carbons (Fsp3) is 0.0909. The molecule has 0 aliphatic carbocycles. The number of hydrogen-bond acceptors (Lipinski definition) is 3. The highest BCUT2D eigenvalue weighted by Gasteiger charge is 2.17. The van der Waals surface area contributed by atoms with Crippen molar-refractivity contribution in [1.29, 1.82) is 0 Å². The first-order chi connectivity index (χ1) is 18.7. The van der Waals surface area contributed by atoms with E-state index >= 15 is 0 Å². The Bertz CT molecular complexity index is 1650. The van der Waals surface area contributed by atoms with Crippen molar-refractivity contribution in [2.75, 3.05) is 20.2 Å². The van der Waals surface area contributed by atoms with Crippen LogP contribution < -0.4 is 10.1 Å². The lowest BCUT2D eigenvalue weighted by molar-refractivity contribution is -0.116. The second-order valence-electron chi connectivity index (χ2n) is 8.82. The third-order valence-corrected chi connectivity index (χ3v) is 6.46. The minimum absolute atomic E-state index is 0.167. The summed E-state index contributed by atoms with van der Waals surface area (Å²) in [6.45, 7) is 4.91. The van der Waals surface area contributed by atoms with Gasteiger partial charge in [0.05, 0.1) is 25.1 Å². The molecule has 1 heterocycles. The van der Waals surface area contributed by atoms with Gasteiger partial charge in [0.2, 0.25) is 5.91 Å². The van der Waals surface area contributed by atoms with Crippen molar-refractivity contribution in [1.82, 2.24) is 10.3 Å². The molecule has 1 aromatic heterocycles.